The molecule has 0 fully saturated rings. The van der Waals surface area contributed by atoms with Gasteiger partial charge in [0.25, 0.3) is 0 Å². The van der Waals surface area contributed by atoms with Crippen molar-refractivity contribution in [2.24, 2.45) is 0 Å². The molecule has 1 unspecified atom stereocenters. The number of hydrogen-bond donors (Lipinski definition) is 2. The van der Waals surface area contributed by atoms with Gasteiger partial charge in [0.2, 0.25) is 5.95 Å². The summed E-state index contributed by atoms with van der Waals surface area (Å²) in [6.45, 7) is 1.46. The fraction of sp³-hybridized carbons (Fsp3) is 0.148. The van der Waals surface area contributed by atoms with E-state index in [1.165, 1.54) is 11.3 Å². The highest BCUT2D eigenvalue weighted by Gasteiger charge is 2.28. The Kier molecular flexibility index (Phi) is 5.58. The fourth-order valence-corrected chi connectivity index (χ4v) is 4.90. The average molecular weight is 498 g/mol. The minimum atomic E-state index is 0.0552. The molecular weight excluding hydrogens is 474 g/mol. The van der Waals surface area contributed by atoms with E-state index in [-0.39, 0.29) is 12.0 Å². The number of hydrogen-bond acceptors (Lipinski definition) is 7. The number of halogens is 1. The minimum Gasteiger partial charge on any atom is -0.457 e. The van der Waals surface area contributed by atoms with E-state index in [2.05, 4.69) is 56.4 Å². The summed E-state index contributed by atoms with van der Waals surface area (Å²) in [7, 11) is 0. The van der Waals surface area contributed by atoms with Crippen LogP contribution in [0.2, 0.25) is 5.02 Å². The van der Waals surface area contributed by atoms with Crippen molar-refractivity contribution in [1.82, 2.24) is 19.7 Å². The highest BCUT2D eigenvalue weighted by atomic mass is 35.5. The average Bonchev–Trinajstić information content (AvgIpc) is 3.30. The number of para-hydroxylation sites is 1. The SMILES string of the molecule is Nc1nc(N)c2cnn(C3Cc4ccccc4N(Cc4cccc(Oc5ccc(Cl)cc5)c4)C3)c2n1. The van der Waals surface area contributed by atoms with Crippen molar-refractivity contribution in [3.63, 3.8) is 0 Å². The standard InChI is InChI=1S/C27H24ClN7O/c28-19-8-10-21(11-9-19)36-22-6-3-4-17(12-22)15-34-16-20(13-18-5-1-2-7-24(18)34)35-26-23(14-31-35)25(29)32-27(30)33-26/h1-12,14,20H,13,15-16H2,(H4,29,30,32,33). The predicted molar refractivity (Wildman–Crippen MR) is 142 cm³/mol. The van der Waals surface area contributed by atoms with Crippen molar-refractivity contribution in [1.29, 1.82) is 0 Å². The van der Waals surface area contributed by atoms with Crippen molar-refractivity contribution in [3.8, 4) is 11.5 Å². The lowest BCUT2D eigenvalue weighted by Gasteiger charge is -2.36. The van der Waals surface area contributed by atoms with Gasteiger partial charge in [-0.05, 0) is 60.0 Å². The Morgan fingerprint density at radius 3 is 2.64 bits per heavy atom. The van der Waals surface area contributed by atoms with E-state index in [1.807, 2.05) is 41.1 Å². The molecule has 1 aliphatic heterocycles. The zero-order chi connectivity index (χ0) is 24.6. The van der Waals surface area contributed by atoms with Crippen LogP contribution in [0.15, 0.2) is 79.0 Å². The molecular formula is C27H24ClN7O. The third kappa shape index (κ3) is 4.27. The summed E-state index contributed by atoms with van der Waals surface area (Å²) in [6.07, 6.45) is 2.54. The molecule has 1 atom stereocenters. The molecule has 4 N–H and O–H groups in total. The Hall–Kier alpha value is -4.30. The molecule has 0 bridgehead atoms. The fourth-order valence-electron chi connectivity index (χ4n) is 4.78. The van der Waals surface area contributed by atoms with Crippen LogP contribution in [-0.2, 0) is 13.0 Å². The Labute approximate surface area is 213 Å². The second-order valence-corrected chi connectivity index (χ2v) is 9.30. The second kappa shape index (κ2) is 9.05. The predicted octanol–water partition coefficient (Wildman–Crippen LogP) is 5.24. The van der Waals surface area contributed by atoms with Crippen LogP contribution in [0.1, 0.15) is 17.2 Å². The summed E-state index contributed by atoms with van der Waals surface area (Å²) >= 11 is 6.00. The summed E-state index contributed by atoms with van der Waals surface area (Å²) in [5, 5.41) is 6.01. The largest absolute Gasteiger partial charge is 0.457 e. The molecule has 8 nitrogen and oxygen atoms in total. The normalized spacial score (nSPS) is 15.1. The van der Waals surface area contributed by atoms with Crippen molar-refractivity contribution >= 4 is 40.1 Å². The first-order valence-corrected chi connectivity index (χ1v) is 12.0. The molecule has 2 aromatic heterocycles. The van der Waals surface area contributed by atoms with Crippen molar-refractivity contribution in [2.45, 2.75) is 19.0 Å². The molecule has 5 aromatic rings. The molecule has 0 spiro atoms. The molecule has 3 heterocycles. The molecule has 0 radical (unpaired) electrons. The maximum absolute atomic E-state index is 6.07. The number of fused-ring (bicyclic) bond motifs is 2. The highest BCUT2D eigenvalue weighted by molar-refractivity contribution is 6.30. The van der Waals surface area contributed by atoms with Gasteiger partial charge in [0.15, 0.2) is 5.65 Å². The summed E-state index contributed by atoms with van der Waals surface area (Å²) in [4.78, 5) is 10.9. The van der Waals surface area contributed by atoms with Crippen LogP contribution >= 0.6 is 11.6 Å². The lowest BCUT2D eigenvalue weighted by molar-refractivity contribution is 0.439. The van der Waals surface area contributed by atoms with Crippen LogP contribution in [0.4, 0.5) is 17.5 Å². The molecule has 0 amide bonds. The van der Waals surface area contributed by atoms with Crippen molar-refractivity contribution < 1.29 is 4.74 Å². The second-order valence-electron chi connectivity index (χ2n) is 8.86. The van der Waals surface area contributed by atoms with Gasteiger partial charge in [0, 0.05) is 23.8 Å². The van der Waals surface area contributed by atoms with Gasteiger partial charge in [-0.2, -0.15) is 15.1 Å². The quantitative estimate of drug-likeness (QED) is 0.342. The lowest BCUT2D eigenvalue weighted by atomic mass is 9.97. The third-order valence-corrected chi connectivity index (χ3v) is 6.64. The van der Waals surface area contributed by atoms with Gasteiger partial charge in [0.1, 0.15) is 17.3 Å². The molecule has 36 heavy (non-hydrogen) atoms. The van der Waals surface area contributed by atoms with Crippen LogP contribution in [0, 0.1) is 0 Å². The van der Waals surface area contributed by atoms with Crippen LogP contribution in [0.25, 0.3) is 11.0 Å². The van der Waals surface area contributed by atoms with Gasteiger partial charge in [-0.25, -0.2) is 4.68 Å². The van der Waals surface area contributed by atoms with E-state index in [9.17, 15) is 0 Å². The Morgan fingerprint density at radius 2 is 1.78 bits per heavy atom. The number of nitrogens with zero attached hydrogens (tertiary/aromatic N) is 5. The van der Waals surface area contributed by atoms with E-state index in [1.54, 1.807) is 6.20 Å². The number of nitrogen functional groups attached to an aromatic ring is 2. The number of aromatic nitrogens is 4. The number of rotatable bonds is 5. The Balaban J connectivity index is 1.30. The lowest BCUT2D eigenvalue weighted by Crippen LogP contribution is -2.36. The minimum absolute atomic E-state index is 0.0552. The van der Waals surface area contributed by atoms with Crippen LogP contribution in [0.3, 0.4) is 0 Å². The third-order valence-electron chi connectivity index (χ3n) is 6.39. The van der Waals surface area contributed by atoms with E-state index in [0.29, 0.717) is 28.4 Å². The van der Waals surface area contributed by atoms with Gasteiger partial charge >= 0.3 is 0 Å². The Morgan fingerprint density at radius 1 is 0.944 bits per heavy atom. The van der Waals surface area contributed by atoms with E-state index >= 15 is 0 Å². The van der Waals surface area contributed by atoms with Crippen LogP contribution in [-0.4, -0.2) is 26.3 Å². The zero-order valence-electron chi connectivity index (χ0n) is 19.4. The van der Waals surface area contributed by atoms with Gasteiger partial charge in [-0.15, -0.1) is 0 Å². The van der Waals surface area contributed by atoms with Crippen molar-refractivity contribution in [3.05, 3.63) is 95.1 Å². The first kappa shape index (κ1) is 22.2. The molecule has 0 aliphatic carbocycles. The Bertz CT molecular complexity index is 1550. The maximum Gasteiger partial charge on any atom is 0.224 e. The topological polar surface area (TPSA) is 108 Å². The van der Waals surface area contributed by atoms with E-state index in [0.717, 1.165) is 30.0 Å². The number of anilines is 3. The number of nitrogens with two attached hydrogens (primary N) is 2. The summed E-state index contributed by atoms with van der Waals surface area (Å²) < 4.78 is 7.98. The molecule has 3 aromatic carbocycles. The number of ether oxygens (including phenoxy) is 1. The highest BCUT2D eigenvalue weighted by Crippen LogP contribution is 2.35. The summed E-state index contributed by atoms with van der Waals surface area (Å²) in [5.74, 6) is 2.00. The van der Waals surface area contributed by atoms with Gasteiger partial charge in [-0.1, -0.05) is 41.9 Å². The van der Waals surface area contributed by atoms with Gasteiger partial charge < -0.3 is 21.1 Å². The zero-order valence-corrected chi connectivity index (χ0v) is 20.1. The molecule has 9 heteroatoms. The molecule has 0 saturated heterocycles. The maximum atomic E-state index is 6.07. The molecule has 1 aliphatic rings. The van der Waals surface area contributed by atoms with E-state index in [4.69, 9.17) is 27.8 Å². The monoisotopic (exact) mass is 497 g/mol. The molecule has 180 valence electrons. The van der Waals surface area contributed by atoms with Crippen molar-refractivity contribution in [2.75, 3.05) is 22.9 Å². The molecule has 0 saturated carbocycles. The first-order valence-electron chi connectivity index (χ1n) is 11.6. The smallest absolute Gasteiger partial charge is 0.224 e. The van der Waals surface area contributed by atoms with Crippen LogP contribution in [0.5, 0.6) is 11.5 Å². The first-order chi connectivity index (χ1) is 17.5. The van der Waals surface area contributed by atoms with Gasteiger partial charge in [-0.3, -0.25) is 0 Å². The summed E-state index contributed by atoms with van der Waals surface area (Å²) in [5.41, 5.74) is 16.2. The van der Waals surface area contributed by atoms with Crippen LogP contribution < -0.4 is 21.1 Å². The molecule has 6 rings (SSSR count). The summed E-state index contributed by atoms with van der Waals surface area (Å²) in [6, 6.07) is 24.0. The van der Waals surface area contributed by atoms with E-state index < -0.39 is 0 Å². The number of benzene rings is 3. The van der Waals surface area contributed by atoms with Gasteiger partial charge in [0.05, 0.1) is 17.6 Å².